The zero-order chi connectivity index (χ0) is 14.5. The van der Waals surface area contributed by atoms with Crippen LogP contribution < -0.4 is 9.47 Å². The standard InChI is InChI=1S/C13H15F3O3/c1-18-9-5-6-12(19-2)10(8-9)11(17)4-3-7-13(14,15)16/h5-6,8H,3-4,7H2,1-2H3. The maximum Gasteiger partial charge on any atom is 0.389 e. The molecule has 106 valence electrons. The molecule has 0 spiro atoms. The van der Waals surface area contributed by atoms with E-state index in [1.807, 2.05) is 0 Å². The number of carbonyl (C=O) groups is 1. The fourth-order valence-electron chi connectivity index (χ4n) is 1.62. The normalized spacial score (nSPS) is 11.2. The van der Waals surface area contributed by atoms with Crippen LogP contribution in [0.3, 0.4) is 0 Å². The lowest BCUT2D eigenvalue weighted by Crippen LogP contribution is -2.09. The molecule has 1 aromatic rings. The molecule has 6 heteroatoms. The first-order valence-corrected chi connectivity index (χ1v) is 5.69. The van der Waals surface area contributed by atoms with Crippen molar-refractivity contribution in [3.05, 3.63) is 23.8 Å². The number of benzene rings is 1. The van der Waals surface area contributed by atoms with Gasteiger partial charge >= 0.3 is 6.18 Å². The van der Waals surface area contributed by atoms with Crippen LogP contribution in [0, 0.1) is 0 Å². The maximum atomic E-state index is 12.0. The van der Waals surface area contributed by atoms with Crippen molar-refractivity contribution in [1.82, 2.24) is 0 Å². The summed E-state index contributed by atoms with van der Waals surface area (Å²) in [5.74, 6) is 0.401. The summed E-state index contributed by atoms with van der Waals surface area (Å²) in [6, 6.07) is 4.63. The fraction of sp³-hybridized carbons (Fsp3) is 0.462. The second kappa shape index (κ2) is 6.45. The Labute approximate surface area is 109 Å². The van der Waals surface area contributed by atoms with Crippen LogP contribution in [0.1, 0.15) is 29.6 Å². The van der Waals surface area contributed by atoms with Crippen molar-refractivity contribution in [2.45, 2.75) is 25.4 Å². The molecule has 3 nitrogen and oxygen atoms in total. The first-order chi connectivity index (χ1) is 8.87. The number of halogens is 3. The molecule has 0 atom stereocenters. The molecule has 0 aliphatic heterocycles. The Morgan fingerprint density at radius 1 is 1.21 bits per heavy atom. The van der Waals surface area contributed by atoms with Gasteiger partial charge in [0, 0.05) is 12.8 Å². The van der Waals surface area contributed by atoms with Crippen LogP contribution in [0.15, 0.2) is 18.2 Å². The van der Waals surface area contributed by atoms with E-state index in [4.69, 9.17) is 9.47 Å². The molecule has 0 aromatic heterocycles. The summed E-state index contributed by atoms with van der Waals surface area (Å²) in [6.45, 7) is 0. The summed E-state index contributed by atoms with van der Waals surface area (Å²) >= 11 is 0. The molecule has 19 heavy (non-hydrogen) atoms. The monoisotopic (exact) mass is 276 g/mol. The van der Waals surface area contributed by atoms with Gasteiger partial charge in [0.2, 0.25) is 0 Å². The zero-order valence-corrected chi connectivity index (χ0v) is 10.7. The molecule has 1 rings (SSSR count). The largest absolute Gasteiger partial charge is 0.497 e. The predicted octanol–water partition coefficient (Wildman–Crippen LogP) is 3.62. The maximum absolute atomic E-state index is 12.0. The predicted molar refractivity (Wildman–Crippen MR) is 63.8 cm³/mol. The number of carbonyl (C=O) groups excluding carboxylic acids is 1. The van der Waals surface area contributed by atoms with Crippen LogP contribution >= 0.6 is 0 Å². The van der Waals surface area contributed by atoms with Crippen molar-refractivity contribution >= 4 is 5.78 Å². The van der Waals surface area contributed by atoms with Gasteiger partial charge in [-0.1, -0.05) is 0 Å². The van der Waals surface area contributed by atoms with Gasteiger partial charge in [0.1, 0.15) is 11.5 Å². The molecular formula is C13H15F3O3. The number of rotatable bonds is 6. The van der Waals surface area contributed by atoms with Crippen LogP contribution in [0.2, 0.25) is 0 Å². The number of hydrogen-bond donors (Lipinski definition) is 0. The third kappa shape index (κ3) is 4.81. The first kappa shape index (κ1) is 15.3. The molecule has 0 amide bonds. The van der Waals surface area contributed by atoms with Gasteiger partial charge in [-0.05, 0) is 24.6 Å². The minimum Gasteiger partial charge on any atom is -0.497 e. The molecular weight excluding hydrogens is 261 g/mol. The molecule has 0 aliphatic rings. The second-order valence-corrected chi connectivity index (χ2v) is 3.96. The van der Waals surface area contributed by atoms with E-state index in [1.165, 1.54) is 20.3 Å². The number of ether oxygens (including phenoxy) is 2. The quantitative estimate of drug-likeness (QED) is 0.744. The van der Waals surface area contributed by atoms with E-state index in [2.05, 4.69) is 0 Å². The highest BCUT2D eigenvalue weighted by atomic mass is 19.4. The minimum atomic E-state index is -4.24. The number of hydrogen-bond acceptors (Lipinski definition) is 3. The molecule has 0 saturated heterocycles. The van der Waals surface area contributed by atoms with Crippen LogP contribution in [0.25, 0.3) is 0 Å². The fourth-order valence-corrected chi connectivity index (χ4v) is 1.62. The smallest absolute Gasteiger partial charge is 0.389 e. The number of methoxy groups -OCH3 is 2. The highest BCUT2D eigenvalue weighted by Crippen LogP contribution is 2.27. The topological polar surface area (TPSA) is 35.5 Å². The van der Waals surface area contributed by atoms with Gasteiger partial charge in [-0.15, -0.1) is 0 Å². The molecule has 0 bridgehead atoms. The first-order valence-electron chi connectivity index (χ1n) is 5.69. The van der Waals surface area contributed by atoms with Gasteiger partial charge in [0.25, 0.3) is 0 Å². The highest BCUT2D eigenvalue weighted by molar-refractivity contribution is 5.99. The third-order valence-electron chi connectivity index (χ3n) is 2.57. The van der Waals surface area contributed by atoms with Crippen LogP contribution in [0.4, 0.5) is 13.2 Å². The molecule has 0 unspecified atom stereocenters. The Kier molecular flexibility index (Phi) is 5.20. The molecule has 0 N–H and O–H groups in total. The Balaban J connectivity index is 2.75. The Bertz CT molecular complexity index is 441. The highest BCUT2D eigenvalue weighted by Gasteiger charge is 2.27. The van der Waals surface area contributed by atoms with Gasteiger partial charge in [0.05, 0.1) is 19.8 Å². The lowest BCUT2D eigenvalue weighted by Gasteiger charge is -2.10. The van der Waals surface area contributed by atoms with E-state index in [-0.39, 0.29) is 24.2 Å². The van der Waals surface area contributed by atoms with Crippen molar-refractivity contribution in [3.8, 4) is 11.5 Å². The summed E-state index contributed by atoms with van der Waals surface area (Å²) in [5, 5.41) is 0. The average Bonchev–Trinajstić information content (AvgIpc) is 2.36. The molecule has 0 fully saturated rings. The molecule has 0 saturated carbocycles. The Morgan fingerprint density at radius 2 is 1.89 bits per heavy atom. The number of Topliss-reactive ketones (excluding diaryl/α,β-unsaturated/α-hetero) is 1. The summed E-state index contributed by atoms with van der Waals surface area (Å²) in [5.41, 5.74) is 0.240. The molecule has 1 aromatic carbocycles. The Morgan fingerprint density at radius 3 is 2.42 bits per heavy atom. The molecule has 0 radical (unpaired) electrons. The zero-order valence-electron chi connectivity index (χ0n) is 10.7. The summed E-state index contributed by atoms with van der Waals surface area (Å²) in [4.78, 5) is 11.9. The van der Waals surface area contributed by atoms with E-state index < -0.39 is 12.6 Å². The van der Waals surface area contributed by atoms with E-state index >= 15 is 0 Å². The van der Waals surface area contributed by atoms with Crippen molar-refractivity contribution in [1.29, 1.82) is 0 Å². The van der Waals surface area contributed by atoms with Crippen LogP contribution in [-0.2, 0) is 0 Å². The number of ketones is 1. The summed E-state index contributed by atoms with van der Waals surface area (Å²) < 4.78 is 46.0. The SMILES string of the molecule is COc1ccc(OC)c(C(=O)CCCC(F)(F)F)c1. The van der Waals surface area contributed by atoms with E-state index in [9.17, 15) is 18.0 Å². The third-order valence-corrected chi connectivity index (χ3v) is 2.57. The lowest BCUT2D eigenvalue weighted by molar-refractivity contribution is -0.135. The minimum absolute atomic E-state index is 0.178. The van der Waals surface area contributed by atoms with E-state index in [1.54, 1.807) is 12.1 Å². The van der Waals surface area contributed by atoms with Crippen molar-refractivity contribution < 1.29 is 27.4 Å². The van der Waals surface area contributed by atoms with Gasteiger partial charge in [-0.25, -0.2) is 0 Å². The summed E-state index contributed by atoms with van der Waals surface area (Å²) in [6.07, 6.45) is -5.62. The van der Waals surface area contributed by atoms with Gasteiger partial charge in [-0.3, -0.25) is 4.79 Å². The van der Waals surface area contributed by atoms with E-state index in [0.29, 0.717) is 11.5 Å². The van der Waals surface area contributed by atoms with Gasteiger partial charge < -0.3 is 9.47 Å². The van der Waals surface area contributed by atoms with Crippen LogP contribution in [-0.4, -0.2) is 26.2 Å². The number of alkyl halides is 3. The lowest BCUT2D eigenvalue weighted by atomic mass is 10.0. The Hall–Kier alpha value is -1.72. The van der Waals surface area contributed by atoms with Crippen molar-refractivity contribution in [3.63, 3.8) is 0 Å². The van der Waals surface area contributed by atoms with Crippen molar-refractivity contribution in [2.24, 2.45) is 0 Å². The summed E-state index contributed by atoms with van der Waals surface area (Å²) in [7, 11) is 2.84. The molecule has 0 aliphatic carbocycles. The average molecular weight is 276 g/mol. The van der Waals surface area contributed by atoms with Gasteiger partial charge in [0.15, 0.2) is 5.78 Å². The van der Waals surface area contributed by atoms with Crippen molar-refractivity contribution in [2.75, 3.05) is 14.2 Å². The van der Waals surface area contributed by atoms with Crippen LogP contribution in [0.5, 0.6) is 11.5 Å². The van der Waals surface area contributed by atoms with Gasteiger partial charge in [-0.2, -0.15) is 13.2 Å². The van der Waals surface area contributed by atoms with E-state index in [0.717, 1.165) is 0 Å². The second-order valence-electron chi connectivity index (χ2n) is 3.96. The molecule has 0 heterocycles.